The smallest absolute Gasteiger partial charge is 0.224 e. The topological polar surface area (TPSA) is 65.8 Å². The van der Waals surface area contributed by atoms with Gasteiger partial charge in [-0.25, -0.2) is 0 Å². The van der Waals surface area contributed by atoms with E-state index >= 15 is 0 Å². The summed E-state index contributed by atoms with van der Waals surface area (Å²) >= 11 is 1.79. The van der Waals surface area contributed by atoms with Gasteiger partial charge in [-0.3, -0.25) is 9.78 Å². The molecule has 0 radical (unpaired) electrons. The van der Waals surface area contributed by atoms with Crippen molar-refractivity contribution in [3.8, 4) is 6.07 Å². The Morgan fingerprint density at radius 1 is 1.40 bits per heavy atom. The van der Waals surface area contributed by atoms with E-state index in [-0.39, 0.29) is 18.4 Å². The van der Waals surface area contributed by atoms with Crippen molar-refractivity contribution in [2.75, 3.05) is 12.3 Å². The molecule has 0 saturated heterocycles. The summed E-state index contributed by atoms with van der Waals surface area (Å²) in [6.07, 6.45) is 7.94. The molecule has 1 N–H and O–H groups in total. The Labute approximate surface area is 124 Å². The first kappa shape index (κ1) is 14.9. The van der Waals surface area contributed by atoms with Crippen LogP contribution in [-0.4, -0.2) is 23.2 Å². The molecule has 0 unspecified atom stereocenters. The van der Waals surface area contributed by atoms with Crippen molar-refractivity contribution < 1.29 is 4.79 Å². The Hall–Kier alpha value is -1.54. The third kappa shape index (κ3) is 4.24. The Kier molecular flexibility index (Phi) is 5.87. The molecule has 1 heterocycles. The molecule has 4 nitrogen and oxygen atoms in total. The lowest BCUT2D eigenvalue weighted by molar-refractivity contribution is -0.127. The zero-order chi connectivity index (χ0) is 14.2. The second-order valence-corrected chi connectivity index (χ2v) is 6.11. The molecule has 1 amide bonds. The highest BCUT2D eigenvalue weighted by Gasteiger charge is 2.30. The molecule has 2 rings (SSSR count). The molecule has 5 heteroatoms. The molecule has 1 aliphatic carbocycles. The molecule has 106 valence electrons. The minimum atomic E-state index is 0.0478. The molecule has 0 spiro atoms. The monoisotopic (exact) mass is 289 g/mol. The number of hydrogen-bond acceptors (Lipinski definition) is 4. The maximum absolute atomic E-state index is 12.1. The molecule has 0 bridgehead atoms. The van der Waals surface area contributed by atoms with Crippen LogP contribution < -0.4 is 5.32 Å². The normalized spacial score (nSPS) is 21.9. The van der Waals surface area contributed by atoms with Crippen LogP contribution in [0.3, 0.4) is 0 Å². The van der Waals surface area contributed by atoms with E-state index in [9.17, 15) is 4.79 Å². The maximum atomic E-state index is 12.1. The molecule has 1 aromatic rings. The van der Waals surface area contributed by atoms with Crippen LogP contribution in [0.25, 0.3) is 0 Å². The van der Waals surface area contributed by atoms with Gasteiger partial charge in [-0.05, 0) is 30.9 Å². The van der Waals surface area contributed by atoms with E-state index in [0.717, 1.165) is 25.0 Å². The number of thioether (sulfide) groups is 1. The van der Waals surface area contributed by atoms with Crippen molar-refractivity contribution in [1.29, 1.82) is 5.26 Å². The Bertz CT molecular complexity index is 472. The highest BCUT2D eigenvalue weighted by atomic mass is 32.2. The van der Waals surface area contributed by atoms with Gasteiger partial charge in [0.25, 0.3) is 0 Å². The lowest BCUT2D eigenvalue weighted by atomic mass is 9.80. The largest absolute Gasteiger partial charge is 0.343 e. The molecular weight excluding hydrogens is 270 g/mol. The van der Waals surface area contributed by atoms with Crippen LogP contribution in [0.2, 0.25) is 0 Å². The molecule has 0 aliphatic heterocycles. The maximum Gasteiger partial charge on any atom is 0.224 e. The molecule has 20 heavy (non-hydrogen) atoms. The highest BCUT2D eigenvalue weighted by Crippen LogP contribution is 2.34. The number of rotatable bonds is 5. The molecule has 0 aromatic carbocycles. The fourth-order valence-corrected chi connectivity index (χ4v) is 3.77. The summed E-state index contributed by atoms with van der Waals surface area (Å²) in [4.78, 5) is 17.3. The average Bonchev–Trinajstić information content (AvgIpc) is 2.52. The number of hydrogen-bond donors (Lipinski definition) is 1. The molecule has 1 fully saturated rings. The first-order valence-corrected chi connectivity index (χ1v) is 7.97. The van der Waals surface area contributed by atoms with Gasteiger partial charge in [0.1, 0.15) is 6.54 Å². The molecule has 1 aliphatic rings. The van der Waals surface area contributed by atoms with Gasteiger partial charge in [0.15, 0.2) is 0 Å². The predicted molar refractivity (Wildman–Crippen MR) is 79.0 cm³/mol. The van der Waals surface area contributed by atoms with Gasteiger partial charge >= 0.3 is 0 Å². The van der Waals surface area contributed by atoms with Crippen LogP contribution in [0.15, 0.2) is 29.4 Å². The first-order valence-electron chi connectivity index (χ1n) is 6.98. The third-order valence-electron chi connectivity index (χ3n) is 3.70. The van der Waals surface area contributed by atoms with Crippen LogP contribution in [0.5, 0.6) is 0 Å². The zero-order valence-corrected chi connectivity index (χ0v) is 12.2. The lowest BCUT2D eigenvalue weighted by Crippen LogP contribution is -2.37. The highest BCUT2D eigenvalue weighted by molar-refractivity contribution is 7.99. The van der Waals surface area contributed by atoms with Crippen molar-refractivity contribution in [2.24, 2.45) is 11.8 Å². The quantitative estimate of drug-likeness (QED) is 0.668. The summed E-state index contributed by atoms with van der Waals surface area (Å²) in [6.45, 7) is 0.111. The Balaban J connectivity index is 1.90. The standard InChI is InChI=1S/C15H19N3OS/c16-7-10-18-15(19)14-4-2-1-3-12(14)11-20-13-5-8-17-9-6-13/h5-6,8-9,12,14H,1-4,10-11H2,(H,18,19)/t12-,14+/m0/s1. The Morgan fingerprint density at radius 2 is 2.15 bits per heavy atom. The van der Waals surface area contributed by atoms with E-state index in [1.54, 1.807) is 24.2 Å². The van der Waals surface area contributed by atoms with Crippen molar-refractivity contribution in [2.45, 2.75) is 30.6 Å². The molecular formula is C15H19N3OS. The predicted octanol–water partition coefficient (Wildman–Crippen LogP) is 2.62. The third-order valence-corrected chi connectivity index (χ3v) is 4.90. The fraction of sp³-hybridized carbons (Fsp3) is 0.533. The zero-order valence-electron chi connectivity index (χ0n) is 11.4. The Morgan fingerprint density at radius 3 is 2.90 bits per heavy atom. The number of aromatic nitrogens is 1. The van der Waals surface area contributed by atoms with Gasteiger partial charge in [0.2, 0.25) is 5.91 Å². The van der Waals surface area contributed by atoms with Gasteiger partial charge in [0, 0.05) is 29.0 Å². The molecule has 1 aromatic heterocycles. The number of nitrogens with one attached hydrogen (secondary N) is 1. The summed E-state index contributed by atoms with van der Waals surface area (Å²) in [5.41, 5.74) is 0. The van der Waals surface area contributed by atoms with Gasteiger partial charge in [-0.1, -0.05) is 12.8 Å². The van der Waals surface area contributed by atoms with Crippen LogP contribution in [0.1, 0.15) is 25.7 Å². The van der Waals surface area contributed by atoms with E-state index in [0.29, 0.717) is 5.92 Å². The van der Waals surface area contributed by atoms with E-state index in [1.165, 1.54) is 11.3 Å². The van der Waals surface area contributed by atoms with E-state index in [1.807, 2.05) is 18.2 Å². The number of pyridine rings is 1. The van der Waals surface area contributed by atoms with Crippen molar-refractivity contribution in [3.05, 3.63) is 24.5 Å². The number of nitrogens with zero attached hydrogens (tertiary/aromatic N) is 2. The second-order valence-electron chi connectivity index (χ2n) is 5.02. The van der Waals surface area contributed by atoms with Crippen molar-refractivity contribution in [3.63, 3.8) is 0 Å². The summed E-state index contributed by atoms with van der Waals surface area (Å²) in [6, 6.07) is 5.96. The van der Waals surface area contributed by atoms with Crippen LogP contribution in [0.4, 0.5) is 0 Å². The molecule has 1 saturated carbocycles. The van der Waals surface area contributed by atoms with Gasteiger partial charge in [-0.15, -0.1) is 11.8 Å². The summed E-state index contributed by atoms with van der Waals surface area (Å²) < 4.78 is 0. The summed E-state index contributed by atoms with van der Waals surface area (Å²) in [5.74, 6) is 1.47. The van der Waals surface area contributed by atoms with Gasteiger partial charge < -0.3 is 5.32 Å². The van der Waals surface area contributed by atoms with E-state index < -0.39 is 0 Å². The van der Waals surface area contributed by atoms with Crippen molar-refractivity contribution >= 4 is 17.7 Å². The lowest BCUT2D eigenvalue weighted by Gasteiger charge is -2.30. The van der Waals surface area contributed by atoms with Gasteiger partial charge in [-0.2, -0.15) is 5.26 Å². The number of nitriles is 1. The van der Waals surface area contributed by atoms with E-state index in [2.05, 4.69) is 10.3 Å². The number of carbonyl (C=O) groups is 1. The van der Waals surface area contributed by atoms with Crippen LogP contribution in [-0.2, 0) is 4.79 Å². The number of carbonyl (C=O) groups excluding carboxylic acids is 1. The van der Waals surface area contributed by atoms with Gasteiger partial charge in [0.05, 0.1) is 6.07 Å². The summed E-state index contributed by atoms with van der Waals surface area (Å²) in [5, 5.41) is 11.3. The minimum absolute atomic E-state index is 0.0478. The van der Waals surface area contributed by atoms with E-state index in [4.69, 9.17) is 5.26 Å². The van der Waals surface area contributed by atoms with Crippen molar-refractivity contribution in [1.82, 2.24) is 10.3 Å². The molecule has 2 atom stereocenters. The second kappa shape index (κ2) is 7.91. The summed E-state index contributed by atoms with van der Waals surface area (Å²) in [7, 11) is 0. The SMILES string of the molecule is N#CCNC(=O)[C@@H]1CCCC[C@H]1CSc1ccncc1. The van der Waals surface area contributed by atoms with Crippen LogP contribution >= 0.6 is 11.8 Å². The fourth-order valence-electron chi connectivity index (χ4n) is 2.65. The number of amides is 1. The first-order chi connectivity index (χ1) is 9.81. The van der Waals surface area contributed by atoms with Crippen LogP contribution in [0, 0.1) is 23.2 Å². The average molecular weight is 289 g/mol. The minimum Gasteiger partial charge on any atom is -0.343 e.